The zero-order valence-corrected chi connectivity index (χ0v) is 22.7. The van der Waals surface area contributed by atoms with Crippen LogP contribution >= 0.6 is 7.75 Å². The van der Waals surface area contributed by atoms with Crippen molar-refractivity contribution in [3.8, 4) is 5.75 Å². The molecule has 1 saturated heterocycles. The fourth-order valence-electron chi connectivity index (χ4n) is 3.93. The number of anilines is 1. The Morgan fingerprint density at radius 2 is 1.88 bits per heavy atom. The highest BCUT2D eigenvalue weighted by molar-refractivity contribution is 7.52. The number of halogens is 2. The molecule has 2 aromatic carbocycles. The second-order valence-corrected chi connectivity index (χ2v) is 10.9. The molecular weight excluding hydrogens is 565 g/mol. The number of hydrogen-bond donors (Lipinski definition) is 3. The third kappa shape index (κ3) is 7.75. The largest absolute Gasteiger partial charge is 0.460 e. The van der Waals surface area contributed by atoms with E-state index in [0.717, 1.165) is 17.8 Å². The molecule has 0 spiro atoms. The number of nitrogens with two attached hydrogens (primary N) is 1. The zero-order chi connectivity index (χ0) is 29.6. The number of aromatic nitrogens is 2. The van der Waals surface area contributed by atoms with Gasteiger partial charge in [-0.1, -0.05) is 48.5 Å². The summed E-state index contributed by atoms with van der Waals surface area (Å²) in [6.07, 6.45) is -5.86. The molecule has 4 rings (SSSR count). The van der Waals surface area contributed by atoms with Crippen molar-refractivity contribution in [3.05, 3.63) is 89.0 Å². The number of para-hydroxylation sites is 1. The molecule has 1 aliphatic heterocycles. The Morgan fingerprint density at radius 1 is 1.22 bits per heavy atom. The second-order valence-electron chi connectivity index (χ2n) is 9.23. The molecule has 0 saturated carbocycles. The molecule has 220 valence electrons. The van der Waals surface area contributed by atoms with Gasteiger partial charge in [-0.2, -0.15) is 18.9 Å². The number of aliphatic hydroxyl groups excluding tert-OH is 1. The van der Waals surface area contributed by atoms with Crippen molar-refractivity contribution in [2.75, 3.05) is 12.3 Å². The van der Waals surface area contributed by atoms with Crippen LogP contribution in [0, 0.1) is 0 Å². The first-order chi connectivity index (χ1) is 19.5. The third-order valence-corrected chi connectivity index (χ3v) is 7.72. The molecule has 41 heavy (non-hydrogen) atoms. The molecule has 1 aliphatic rings. The van der Waals surface area contributed by atoms with Gasteiger partial charge in [0.2, 0.25) is 6.23 Å². The van der Waals surface area contributed by atoms with Crippen molar-refractivity contribution >= 4 is 19.5 Å². The van der Waals surface area contributed by atoms with Crippen LogP contribution in [0.15, 0.2) is 77.7 Å². The number of nitrogens with one attached hydrogen (secondary N) is 1. The van der Waals surface area contributed by atoms with Crippen molar-refractivity contribution in [1.29, 1.82) is 0 Å². The van der Waals surface area contributed by atoms with E-state index in [0.29, 0.717) is 4.57 Å². The highest BCUT2D eigenvalue weighted by Gasteiger charge is 2.53. The standard InChI is InChI=1S/C26H29F2N4O8P/c1-17(23(34)37-15-18-8-4-2-5-9-18)31-41(36,39-19-10-6-3-7-11-19)40-20-14-21(33)26(27,28)24(38-16-20)32-13-12-22(29)30-25(32)35/h2-13,17,20-21,24,33H,14-16H2,1H3,(H,31,36)(H2,29,30,35)/t17-,20?,21?,24+,41?/m0/s1. The summed E-state index contributed by atoms with van der Waals surface area (Å²) in [5.74, 6) is -4.86. The minimum atomic E-state index is -4.50. The molecule has 1 aromatic heterocycles. The average Bonchev–Trinajstić information content (AvgIpc) is 3.03. The minimum absolute atomic E-state index is 0.0467. The first-order valence-electron chi connectivity index (χ1n) is 12.5. The summed E-state index contributed by atoms with van der Waals surface area (Å²) in [5.41, 5.74) is 5.04. The van der Waals surface area contributed by atoms with Gasteiger partial charge in [0.05, 0.1) is 12.7 Å². The van der Waals surface area contributed by atoms with E-state index in [1.807, 2.05) is 0 Å². The summed E-state index contributed by atoms with van der Waals surface area (Å²) >= 11 is 0. The molecule has 5 atom stereocenters. The van der Waals surface area contributed by atoms with E-state index in [1.165, 1.54) is 19.1 Å². The molecule has 3 unspecified atom stereocenters. The van der Waals surface area contributed by atoms with E-state index in [1.54, 1.807) is 48.5 Å². The molecule has 1 fully saturated rings. The number of rotatable bonds is 10. The summed E-state index contributed by atoms with van der Waals surface area (Å²) in [6, 6.07) is 16.6. The van der Waals surface area contributed by atoms with Crippen LogP contribution in [0.5, 0.6) is 5.75 Å². The van der Waals surface area contributed by atoms with Crippen molar-refractivity contribution in [2.45, 2.75) is 50.4 Å². The molecule has 3 aromatic rings. The van der Waals surface area contributed by atoms with Crippen molar-refractivity contribution < 1.29 is 41.8 Å². The topological polar surface area (TPSA) is 164 Å². The maximum atomic E-state index is 15.2. The number of nitrogens with zero attached hydrogens (tertiary/aromatic N) is 2. The first-order valence-corrected chi connectivity index (χ1v) is 14.0. The van der Waals surface area contributed by atoms with Gasteiger partial charge in [-0.05, 0) is 30.7 Å². The van der Waals surface area contributed by atoms with E-state index in [-0.39, 0.29) is 18.2 Å². The fourth-order valence-corrected chi connectivity index (χ4v) is 5.61. The number of carbonyl (C=O) groups excluding carboxylic acids is 1. The highest BCUT2D eigenvalue weighted by Crippen LogP contribution is 2.48. The predicted octanol–water partition coefficient (Wildman–Crippen LogP) is 3.03. The van der Waals surface area contributed by atoms with E-state index < -0.39 is 62.8 Å². The van der Waals surface area contributed by atoms with Crippen molar-refractivity contribution in [2.24, 2.45) is 0 Å². The maximum absolute atomic E-state index is 15.2. The predicted molar refractivity (Wildman–Crippen MR) is 142 cm³/mol. The van der Waals surface area contributed by atoms with Crippen LogP contribution in [-0.4, -0.2) is 51.4 Å². The lowest BCUT2D eigenvalue weighted by Gasteiger charge is -2.28. The van der Waals surface area contributed by atoms with Crippen LogP contribution in [0.3, 0.4) is 0 Å². The van der Waals surface area contributed by atoms with Crippen LogP contribution in [0.4, 0.5) is 14.6 Å². The second kappa shape index (κ2) is 12.9. The molecule has 12 nitrogen and oxygen atoms in total. The number of alkyl halides is 2. The molecule has 0 amide bonds. The van der Waals surface area contributed by atoms with Gasteiger partial charge < -0.3 is 24.8 Å². The van der Waals surface area contributed by atoms with Gasteiger partial charge in [-0.15, -0.1) is 0 Å². The summed E-state index contributed by atoms with van der Waals surface area (Å²) in [7, 11) is -4.50. The fraction of sp³-hybridized carbons (Fsp3) is 0.346. The maximum Gasteiger partial charge on any atom is 0.459 e. The van der Waals surface area contributed by atoms with Crippen LogP contribution in [0.2, 0.25) is 0 Å². The number of benzene rings is 2. The highest BCUT2D eigenvalue weighted by atomic mass is 31.2. The number of esters is 1. The number of aliphatic hydroxyl groups is 1. The third-order valence-electron chi connectivity index (χ3n) is 5.99. The molecule has 0 radical (unpaired) electrons. The molecule has 2 heterocycles. The lowest BCUT2D eigenvalue weighted by Crippen LogP contribution is -2.45. The molecule has 15 heteroatoms. The molecular formula is C26H29F2N4O8P. The Labute approximate surface area is 233 Å². The number of nitrogen functional groups attached to an aromatic ring is 1. The Morgan fingerprint density at radius 3 is 2.54 bits per heavy atom. The van der Waals surface area contributed by atoms with Gasteiger partial charge >= 0.3 is 25.3 Å². The SMILES string of the molecule is C[C@H](NP(=O)(Oc1ccccc1)OC1CO[C@@H](n2ccc(N)nc2=O)C(F)(F)C(O)C1)C(=O)OCc1ccccc1. The molecule has 4 N–H and O–H groups in total. The monoisotopic (exact) mass is 594 g/mol. The summed E-state index contributed by atoms with van der Waals surface area (Å²) < 4.78 is 66.5. The Balaban J connectivity index is 1.52. The van der Waals surface area contributed by atoms with Gasteiger partial charge in [0.25, 0.3) is 0 Å². The zero-order valence-electron chi connectivity index (χ0n) is 21.8. The van der Waals surface area contributed by atoms with Crippen LogP contribution in [-0.2, 0) is 30.0 Å². The van der Waals surface area contributed by atoms with Crippen LogP contribution < -0.4 is 21.0 Å². The van der Waals surface area contributed by atoms with E-state index >= 15 is 8.78 Å². The average molecular weight is 595 g/mol. The summed E-state index contributed by atoms with van der Waals surface area (Å²) in [4.78, 5) is 28.3. The van der Waals surface area contributed by atoms with Crippen LogP contribution in [0.1, 0.15) is 25.1 Å². The minimum Gasteiger partial charge on any atom is -0.460 e. The summed E-state index contributed by atoms with van der Waals surface area (Å²) in [5, 5.41) is 12.9. The lowest BCUT2D eigenvalue weighted by molar-refractivity contribution is -0.210. The molecule has 0 bridgehead atoms. The van der Waals surface area contributed by atoms with Gasteiger partial charge in [-0.25, -0.2) is 9.36 Å². The van der Waals surface area contributed by atoms with Crippen molar-refractivity contribution in [3.63, 3.8) is 0 Å². The van der Waals surface area contributed by atoms with Gasteiger partial charge in [0.1, 0.15) is 30.3 Å². The van der Waals surface area contributed by atoms with E-state index in [9.17, 15) is 19.3 Å². The Bertz CT molecular complexity index is 1430. The Hall–Kier alpha value is -3.68. The number of ether oxygens (including phenoxy) is 2. The van der Waals surface area contributed by atoms with Crippen LogP contribution in [0.25, 0.3) is 0 Å². The smallest absolute Gasteiger partial charge is 0.459 e. The van der Waals surface area contributed by atoms with Gasteiger partial charge in [-0.3, -0.25) is 13.9 Å². The normalized spacial score (nSPS) is 22.6. The summed E-state index contributed by atoms with van der Waals surface area (Å²) in [6.45, 7) is 0.681. The van der Waals surface area contributed by atoms with E-state index in [4.69, 9.17) is 24.3 Å². The number of carbonyl (C=O) groups is 1. The van der Waals surface area contributed by atoms with Gasteiger partial charge in [0, 0.05) is 12.6 Å². The van der Waals surface area contributed by atoms with Crippen molar-refractivity contribution in [1.82, 2.24) is 14.6 Å². The number of hydrogen-bond acceptors (Lipinski definition) is 10. The molecule has 0 aliphatic carbocycles. The van der Waals surface area contributed by atoms with E-state index in [2.05, 4.69) is 10.1 Å². The Kier molecular flexibility index (Phi) is 9.51. The first kappa shape index (κ1) is 30.3. The lowest BCUT2D eigenvalue weighted by atomic mass is 10.1. The van der Waals surface area contributed by atoms with Gasteiger partial charge in [0.15, 0.2) is 0 Å². The quantitative estimate of drug-likeness (QED) is 0.233.